The molecule has 1 N–H and O–H groups in total. The fraction of sp³-hybridized carbons (Fsp3) is 1.00. The first kappa shape index (κ1) is 12.9. The topological polar surface area (TPSA) is 21.3 Å². The number of hydrogen-bond donors (Lipinski definition) is 1. The lowest BCUT2D eigenvalue weighted by Crippen LogP contribution is -2.27. The molecule has 80 valence electrons. The zero-order valence-electron chi connectivity index (χ0n) is 9.44. The number of unbranched alkanes of at least 4 members (excludes halogenated alkanes) is 1. The third-order valence-electron chi connectivity index (χ3n) is 2.15. The summed E-state index contributed by atoms with van der Waals surface area (Å²) in [5.41, 5.74) is 0. The van der Waals surface area contributed by atoms with Crippen molar-refractivity contribution < 1.29 is 4.74 Å². The van der Waals surface area contributed by atoms with Crippen molar-refractivity contribution in [3.63, 3.8) is 0 Å². The van der Waals surface area contributed by atoms with Crippen LogP contribution in [0.25, 0.3) is 0 Å². The van der Waals surface area contributed by atoms with Crippen LogP contribution in [-0.2, 0) is 4.74 Å². The van der Waals surface area contributed by atoms with E-state index in [1.807, 2.05) is 6.92 Å². The van der Waals surface area contributed by atoms with Gasteiger partial charge in [0.2, 0.25) is 0 Å². The van der Waals surface area contributed by atoms with Crippen LogP contribution in [0.4, 0.5) is 0 Å². The van der Waals surface area contributed by atoms with Crippen LogP contribution in [0.1, 0.15) is 46.5 Å². The first-order valence-corrected chi connectivity index (χ1v) is 5.62. The van der Waals surface area contributed by atoms with E-state index in [1.165, 1.54) is 19.3 Å². The quantitative estimate of drug-likeness (QED) is 0.560. The van der Waals surface area contributed by atoms with Gasteiger partial charge in [-0.3, -0.25) is 0 Å². The van der Waals surface area contributed by atoms with Crippen molar-refractivity contribution in [2.24, 2.45) is 0 Å². The summed E-state index contributed by atoms with van der Waals surface area (Å²) in [7, 11) is 0. The Kier molecular flexibility index (Phi) is 9.94. The Bertz CT molecular complexity index is 96.1. The number of hydrogen-bond acceptors (Lipinski definition) is 2. The molecule has 1 atom stereocenters. The van der Waals surface area contributed by atoms with Gasteiger partial charge in [-0.05, 0) is 33.2 Å². The molecule has 0 fully saturated rings. The van der Waals surface area contributed by atoms with Gasteiger partial charge in [0.25, 0.3) is 0 Å². The van der Waals surface area contributed by atoms with Gasteiger partial charge < -0.3 is 10.1 Å². The van der Waals surface area contributed by atoms with Crippen LogP contribution < -0.4 is 5.32 Å². The number of rotatable bonds is 9. The van der Waals surface area contributed by atoms with E-state index in [0.29, 0.717) is 6.04 Å². The Hall–Kier alpha value is -0.0800. The summed E-state index contributed by atoms with van der Waals surface area (Å²) in [6.45, 7) is 9.36. The first-order valence-electron chi connectivity index (χ1n) is 5.62. The molecule has 0 amide bonds. The maximum absolute atomic E-state index is 5.26. The highest BCUT2D eigenvalue weighted by atomic mass is 16.5. The fourth-order valence-electron chi connectivity index (χ4n) is 1.28. The van der Waals surface area contributed by atoms with Crippen LogP contribution in [0, 0.1) is 0 Å². The third kappa shape index (κ3) is 9.84. The summed E-state index contributed by atoms with van der Waals surface area (Å²) >= 11 is 0. The molecule has 0 rings (SSSR count). The lowest BCUT2D eigenvalue weighted by molar-refractivity contribution is 0.144. The standard InChI is InChI=1S/C11H25NO/c1-4-6-8-11(3)12-9-7-10-13-5-2/h11-12H,4-10H2,1-3H3. The highest BCUT2D eigenvalue weighted by molar-refractivity contribution is 4.59. The zero-order valence-corrected chi connectivity index (χ0v) is 9.44. The average Bonchev–Trinajstić information content (AvgIpc) is 2.14. The molecule has 0 saturated carbocycles. The van der Waals surface area contributed by atoms with E-state index >= 15 is 0 Å². The van der Waals surface area contributed by atoms with E-state index in [9.17, 15) is 0 Å². The molecule has 0 saturated heterocycles. The molecule has 0 aliphatic carbocycles. The van der Waals surface area contributed by atoms with E-state index in [-0.39, 0.29) is 0 Å². The molecule has 0 aliphatic rings. The zero-order chi connectivity index (χ0) is 9.94. The van der Waals surface area contributed by atoms with E-state index in [2.05, 4.69) is 19.2 Å². The monoisotopic (exact) mass is 187 g/mol. The molecule has 0 aromatic heterocycles. The molecule has 2 nitrogen and oxygen atoms in total. The van der Waals surface area contributed by atoms with Gasteiger partial charge in [0.1, 0.15) is 0 Å². The van der Waals surface area contributed by atoms with E-state index in [0.717, 1.165) is 26.2 Å². The molecular weight excluding hydrogens is 162 g/mol. The molecule has 1 unspecified atom stereocenters. The maximum Gasteiger partial charge on any atom is 0.0477 e. The Morgan fingerprint density at radius 2 is 2.00 bits per heavy atom. The molecule has 0 aliphatic heterocycles. The smallest absolute Gasteiger partial charge is 0.0477 e. The van der Waals surface area contributed by atoms with Crippen LogP contribution in [0.2, 0.25) is 0 Å². The van der Waals surface area contributed by atoms with Crippen LogP contribution in [-0.4, -0.2) is 25.8 Å². The molecule has 0 spiro atoms. The number of ether oxygens (including phenoxy) is 1. The Labute approximate surface area is 83.1 Å². The molecule has 0 aromatic rings. The maximum atomic E-state index is 5.26. The van der Waals surface area contributed by atoms with Gasteiger partial charge in [-0.25, -0.2) is 0 Å². The SMILES string of the molecule is CCCCC(C)NCCCOCC. The highest BCUT2D eigenvalue weighted by Crippen LogP contribution is 1.99. The van der Waals surface area contributed by atoms with Crippen LogP contribution in [0.5, 0.6) is 0 Å². The van der Waals surface area contributed by atoms with E-state index in [1.54, 1.807) is 0 Å². The van der Waals surface area contributed by atoms with Gasteiger partial charge in [0.05, 0.1) is 0 Å². The van der Waals surface area contributed by atoms with Crippen LogP contribution in [0.3, 0.4) is 0 Å². The summed E-state index contributed by atoms with van der Waals surface area (Å²) < 4.78 is 5.26. The molecule has 0 bridgehead atoms. The fourth-order valence-corrected chi connectivity index (χ4v) is 1.28. The Balaban J connectivity index is 3.03. The van der Waals surface area contributed by atoms with Crippen molar-refractivity contribution in [1.29, 1.82) is 0 Å². The predicted octanol–water partition coefficient (Wildman–Crippen LogP) is 2.58. The summed E-state index contributed by atoms with van der Waals surface area (Å²) in [5.74, 6) is 0. The van der Waals surface area contributed by atoms with Gasteiger partial charge in [0.15, 0.2) is 0 Å². The van der Waals surface area contributed by atoms with Gasteiger partial charge in [-0.1, -0.05) is 19.8 Å². The predicted molar refractivity (Wildman–Crippen MR) is 58.1 cm³/mol. The minimum atomic E-state index is 0.668. The lowest BCUT2D eigenvalue weighted by Gasteiger charge is -2.12. The first-order chi connectivity index (χ1) is 6.31. The molecule has 0 radical (unpaired) electrons. The summed E-state index contributed by atoms with van der Waals surface area (Å²) in [6.07, 6.45) is 5.06. The van der Waals surface area contributed by atoms with Crippen molar-refractivity contribution in [1.82, 2.24) is 5.32 Å². The summed E-state index contributed by atoms with van der Waals surface area (Å²) in [5, 5.41) is 3.50. The summed E-state index contributed by atoms with van der Waals surface area (Å²) in [4.78, 5) is 0. The second-order valence-corrected chi connectivity index (χ2v) is 3.55. The minimum Gasteiger partial charge on any atom is -0.382 e. The average molecular weight is 187 g/mol. The molecule has 2 heteroatoms. The Morgan fingerprint density at radius 3 is 2.62 bits per heavy atom. The van der Waals surface area contributed by atoms with Crippen LogP contribution in [0.15, 0.2) is 0 Å². The second kappa shape index (κ2) is 10.0. The lowest BCUT2D eigenvalue weighted by atomic mass is 10.1. The van der Waals surface area contributed by atoms with E-state index in [4.69, 9.17) is 4.74 Å². The van der Waals surface area contributed by atoms with Crippen molar-refractivity contribution in [3.8, 4) is 0 Å². The van der Waals surface area contributed by atoms with Gasteiger partial charge in [-0.2, -0.15) is 0 Å². The molecule has 0 aromatic carbocycles. The van der Waals surface area contributed by atoms with Gasteiger partial charge in [-0.15, -0.1) is 0 Å². The largest absolute Gasteiger partial charge is 0.382 e. The Morgan fingerprint density at radius 1 is 1.23 bits per heavy atom. The van der Waals surface area contributed by atoms with E-state index < -0.39 is 0 Å². The van der Waals surface area contributed by atoms with Crippen molar-refractivity contribution >= 4 is 0 Å². The van der Waals surface area contributed by atoms with Crippen molar-refractivity contribution in [3.05, 3.63) is 0 Å². The number of nitrogens with one attached hydrogen (secondary N) is 1. The molecule has 13 heavy (non-hydrogen) atoms. The third-order valence-corrected chi connectivity index (χ3v) is 2.15. The van der Waals surface area contributed by atoms with Gasteiger partial charge in [0, 0.05) is 19.3 Å². The van der Waals surface area contributed by atoms with Gasteiger partial charge >= 0.3 is 0 Å². The second-order valence-electron chi connectivity index (χ2n) is 3.55. The molecular formula is C11H25NO. The minimum absolute atomic E-state index is 0.668. The van der Waals surface area contributed by atoms with Crippen molar-refractivity contribution in [2.75, 3.05) is 19.8 Å². The normalized spacial score (nSPS) is 13.2. The van der Waals surface area contributed by atoms with Crippen LogP contribution >= 0.6 is 0 Å². The van der Waals surface area contributed by atoms with Crippen molar-refractivity contribution in [2.45, 2.75) is 52.5 Å². The highest BCUT2D eigenvalue weighted by Gasteiger charge is 1.98. The summed E-state index contributed by atoms with van der Waals surface area (Å²) in [6, 6.07) is 0.668. The molecule has 0 heterocycles.